The maximum Gasteiger partial charge on any atom is 0.387 e. The van der Waals surface area contributed by atoms with Crippen molar-refractivity contribution in [3.05, 3.63) is 72.6 Å². The first-order chi connectivity index (χ1) is 20.2. The topological polar surface area (TPSA) is 87.4 Å². The Hall–Kier alpha value is -4.12. The van der Waals surface area contributed by atoms with Crippen molar-refractivity contribution in [2.45, 2.75) is 70.4 Å². The Morgan fingerprint density at radius 2 is 1.78 bits per heavy atom. The molecule has 3 heterocycles. The lowest BCUT2D eigenvalue weighted by atomic mass is 10.1. The van der Waals surface area contributed by atoms with Gasteiger partial charge >= 0.3 is 6.61 Å². The van der Waals surface area contributed by atoms with Gasteiger partial charge in [-0.05, 0) is 86.1 Å². The minimum Gasteiger partial charge on any atom is -0.484 e. The molecule has 1 aliphatic heterocycles. The van der Waals surface area contributed by atoms with E-state index in [4.69, 9.17) is 14.2 Å². The molecule has 6 rings (SSSR count). The summed E-state index contributed by atoms with van der Waals surface area (Å²) < 4.78 is 45.6. The van der Waals surface area contributed by atoms with E-state index in [0.29, 0.717) is 18.8 Å². The van der Waals surface area contributed by atoms with Gasteiger partial charge in [0.25, 0.3) is 0 Å². The normalized spacial score (nSPS) is 17.6. The fourth-order valence-corrected chi connectivity index (χ4v) is 5.39. The number of tetrazole rings is 1. The lowest BCUT2D eigenvalue weighted by Crippen LogP contribution is -2.21. The van der Waals surface area contributed by atoms with Gasteiger partial charge in [-0.15, -0.1) is 15.0 Å². The first kappa shape index (κ1) is 27.1. The van der Waals surface area contributed by atoms with Crippen molar-refractivity contribution in [2.24, 2.45) is 0 Å². The Labute approximate surface area is 237 Å². The van der Waals surface area contributed by atoms with E-state index in [9.17, 15) is 8.78 Å². The summed E-state index contributed by atoms with van der Waals surface area (Å²) in [6.07, 6.45) is 9.45. The maximum atomic E-state index is 14.0. The Morgan fingerprint density at radius 3 is 2.51 bits per heavy atom. The lowest BCUT2D eigenvalue weighted by molar-refractivity contribution is -0.0518. The molecule has 41 heavy (non-hydrogen) atoms. The number of pyridine rings is 1. The summed E-state index contributed by atoms with van der Waals surface area (Å²) in [7, 11) is 0. The van der Waals surface area contributed by atoms with Gasteiger partial charge in [-0.25, -0.2) is 0 Å². The van der Waals surface area contributed by atoms with Crippen LogP contribution < -0.4 is 14.4 Å². The molecule has 1 saturated carbocycles. The molecule has 1 unspecified atom stereocenters. The molecular formula is C30H32F2N6O3. The van der Waals surface area contributed by atoms with Gasteiger partial charge in [0.2, 0.25) is 5.82 Å². The highest BCUT2D eigenvalue weighted by atomic mass is 19.3. The molecule has 0 spiro atoms. The van der Waals surface area contributed by atoms with E-state index < -0.39 is 6.61 Å². The summed E-state index contributed by atoms with van der Waals surface area (Å²) in [4.78, 5) is 7.69. The fourth-order valence-electron chi connectivity index (χ4n) is 5.39. The van der Waals surface area contributed by atoms with Crippen LogP contribution in [-0.4, -0.2) is 44.5 Å². The minimum atomic E-state index is -3.09. The number of alkyl halides is 2. The van der Waals surface area contributed by atoms with E-state index in [-0.39, 0.29) is 35.2 Å². The third-order valence-electron chi connectivity index (χ3n) is 7.39. The molecule has 0 amide bonds. The SMILES string of the molecule is FC(F)Oc1c(-c2nnn(C3CCCCO3)n2)ccc(N(Cc2cccnc2)c2ccccc2)c1OC1CCCC1. The number of hydrogen-bond donors (Lipinski definition) is 0. The van der Waals surface area contributed by atoms with E-state index in [1.807, 2.05) is 53.4 Å². The van der Waals surface area contributed by atoms with Crippen molar-refractivity contribution < 1.29 is 23.0 Å². The number of para-hydroxylation sites is 1. The number of halogens is 2. The molecule has 214 valence electrons. The average molecular weight is 563 g/mol. The number of ether oxygens (including phenoxy) is 3. The first-order valence-electron chi connectivity index (χ1n) is 14.1. The molecule has 2 fully saturated rings. The highest BCUT2D eigenvalue weighted by Crippen LogP contribution is 2.48. The van der Waals surface area contributed by atoms with E-state index in [0.717, 1.165) is 56.2 Å². The van der Waals surface area contributed by atoms with E-state index in [1.165, 1.54) is 4.80 Å². The second-order valence-electron chi connectivity index (χ2n) is 10.2. The Kier molecular flexibility index (Phi) is 8.31. The van der Waals surface area contributed by atoms with Crippen LogP contribution in [-0.2, 0) is 11.3 Å². The summed E-state index contributed by atoms with van der Waals surface area (Å²) >= 11 is 0. The van der Waals surface area contributed by atoms with Crippen molar-refractivity contribution >= 4 is 11.4 Å². The summed E-state index contributed by atoms with van der Waals surface area (Å²) in [5.74, 6) is 0.282. The van der Waals surface area contributed by atoms with Gasteiger partial charge in [-0.1, -0.05) is 24.3 Å². The number of nitrogens with zero attached hydrogens (tertiary/aromatic N) is 6. The van der Waals surface area contributed by atoms with Gasteiger partial charge in [0.15, 0.2) is 17.7 Å². The second kappa shape index (κ2) is 12.6. The van der Waals surface area contributed by atoms with Crippen LogP contribution in [0.15, 0.2) is 67.0 Å². The molecular weight excluding hydrogens is 530 g/mol. The molecule has 0 N–H and O–H groups in total. The van der Waals surface area contributed by atoms with Crippen LogP contribution >= 0.6 is 0 Å². The van der Waals surface area contributed by atoms with Crippen LogP contribution in [0.2, 0.25) is 0 Å². The molecule has 9 nitrogen and oxygen atoms in total. The van der Waals surface area contributed by atoms with Crippen LogP contribution in [0.25, 0.3) is 11.4 Å². The zero-order chi connectivity index (χ0) is 28.0. The summed E-state index contributed by atoms with van der Waals surface area (Å²) in [5.41, 5.74) is 2.68. The Balaban J connectivity index is 1.48. The molecule has 1 atom stereocenters. The number of aromatic nitrogens is 5. The van der Waals surface area contributed by atoms with Crippen LogP contribution in [0.4, 0.5) is 20.2 Å². The van der Waals surface area contributed by atoms with E-state index in [1.54, 1.807) is 18.5 Å². The molecule has 2 aromatic heterocycles. The number of hydrogen-bond acceptors (Lipinski definition) is 8. The third kappa shape index (κ3) is 6.30. The predicted octanol–water partition coefficient (Wildman–Crippen LogP) is 6.70. The largest absolute Gasteiger partial charge is 0.484 e. The van der Waals surface area contributed by atoms with Crippen LogP contribution in [0.1, 0.15) is 56.7 Å². The smallest absolute Gasteiger partial charge is 0.387 e. The van der Waals surface area contributed by atoms with Crippen molar-refractivity contribution in [3.8, 4) is 22.9 Å². The molecule has 2 aliphatic rings. The quantitative estimate of drug-likeness (QED) is 0.211. The summed E-state index contributed by atoms with van der Waals surface area (Å²) in [6.45, 7) is -2.04. The van der Waals surface area contributed by atoms with Gasteiger partial charge in [0.05, 0.1) is 17.4 Å². The standard InChI is InChI=1S/C30H32F2N6O3/c31-30(32)41-27-24(29-34-36-38(35-29)26-14-6-7-18-39-26)15-16-25(28(27)40-23-12-4-5-13-23)37(22-10-2-1-3-11-22)20-21-9-8-17-33-19-21/h1-3,8-11,15-17,19,23,26,30H,4-7,12-14,18,20H2. The monoisotopic (exact) mass is 562 g/mol. The average Bonchev–Trinajstić information content (AvgIpc) is 3.71. The molecule has 2 aromatic carbocycles. The van der Waals surface area contributed by atoms with Crippen molar-refractivity contribution in [2.75, 3.05) is 11.5 Å². The molecule has 0 bridgehead atoms. The molecule has 1 saturated heterocycles. The van der Waals surface area contributed by atoms with Gasteiger partial charge in [-0.2, -0.15) is 8.78 Å². The maximum absolute atomic E-state index is 14.0. The Morgan fingerprint density at radius 1 is 0.951 bits per heavy atom. The van der Waals surface area contributed by atoms with E-state index >= 15 is 0 Å². The number of anilines is 2. The van der Waals surface area contributed by atoms with Gasteiger partial charge < -0.3 is 19.1 Å². The van der Waals surface area contributed by atoms with Crippen molar-refractivity contribution in [3.63, 3.8) is 0 Å². The highest BCUT2D eigenvalue weighted by Gasteiger charge is 2.30. The number of rotatable bonds is 10. The Bertz CT molecular complexity index is 1410. The van der Waals surface area contributed by atoms with Gasteiger partial charge in [0, 0.05) is 31.2 Å². The predicted molar refractivity (Wildman–Crippen MR) is 148 cm³/mol. The van der Waals surface area contributed by atoms with Crippen LogP contribution in [0.5, 0.6) is 11.5 Å². The molecule has 0 radical (unpaired) electrons. The second-order valence-corrected chi connectivity index (χ2v) is 10.2. The lowest BCUT2D eigenvalue weighted by Gasteiger charge is -2.30. The van der Waals surface area contributed by atoms with Crippen LogP contribution in [0, 0.1) is 0 Å². The first-order valence-corrected chi connectivity index (χ1v) is 14.1. The highest BCUT2D eigenvalue weighted by molar-refractivity contribution is 5.80. The third-order valence-corrected chi connectivity index (χ3v) is 7.39. The zero-order valence-electron chi connectivity index (χ0n) is 22.6. The fraction of sp³-hybridized carbons (Fsp3) is 0.400. The molecule has 11 heteroatoms. The molecule has 1 aliphatic carbocycles. The van der Waals surface area contributed by atoms with Gasteiger partial charge in [0.1, 0.15) is 0 Å². The number of benzene rings is 2. The van der Waals surface area contributed by atoms with Gasteiger partial charge in [-0.3, -0.25) is 4.98 Å². The van der Waals surface area contributed by atoms with Crippen LogP contribution in [0.3, 0.4) is 0 Å². The van der Waals surface area contributed by atoms with Crippen molar-refractivity contribution in [1.29, 1.82) is 0 Å². The molecule has 4 aromatic rings. The van der Waals surface area contributed by atoms with E-state index in [2.05, 4.69) is 20.4 Å². The summed E-state index contributed by atoms with van der Waals surface area (Å²) in [5, 5.41) is 12.9. The minimum absolute atomic E-state index is 0.111. The van der Waals surface area contributed by atoms with Crippen molar-refractivity contribution in [1.82, 2.24) is 25.2 Å². The summed E-state index contributed by atoms with van der Waals surface area (Å²) in [6, 6.07) is 17.1. The zero-order valence-corrected chi connectivity index (χ0v) is 22.6.